The van der Waals surface area contributed by atoms with Gasteiger partial charge in [-0.25, -0.2) is 0 Å². The molecule has 5 aliphatic carbocycles. The number of allylic oxidation sites excluding steroid dienone is 3. The Morgan fingerprint density at radius 1 is 1.00 bits per heavy atom. The summed E-state index contributed by atoms with van der Waals surface area (Å²) < 4.78 is 5.47. The minimum Gasteiger partial charge on any atom is -0.469 e. The molecule has 0 amide bonds. The van der Waals surface area contributed by atoms with E-state index in [0.29, 0.717) is 29.2 Å². The summed E-state index contributed by atoms with van der Waals surface area (Å²) in [6, 6.07) is 2.26. The molecule has 36 heavy (non-hydrogen) atoms. The van der Waals surface area contributed by atoms with Crippen LogP contribution in [0.4, 0.5) is 0 Å². The number of esters is 1. The Kier molecular flexibility index (Phi) is 5.59. The molecule has 0 saturated heterocycles. The van der Waals surface area contributed by atoms with Crippen LogP contribution in [0, 0.1) is 68.0 Å². The molecule has 0 radical (unpaired) electrons. The highest BCUT2D eigenvalue weighted by molar-refractivity contribution is 6.04. The predicted octanol–water partition coefficient (Wildman–Crippen LogP) is 7.06. The van der Waals surface area contributed by atoms with Gasteiger partial charge in [-0.15, -0.1) is 0 Å². The van der Waals surface area contributed by atoms with Crippen LogP contribution in [0.1, 0.15) is 92.9 Å². The van der Waals surface area contributed by atoms with Crippen LogP contribution in [0.5, 0.6) is 0 Å². The van der Waals surface area contributed by atoms with Crippen LogP contribution in [0.25, 0.3) is 0 Å². The second kappa shape index (κ2) is 7.81. The molecular weight excluding hydrogens is 446 g/mol. The van der Waals surface area contributed by atoms with Gasteiger partial charge in [-0.3, -0.25) is 9.59 Å². The van der Waals surface area contributed by atoms with Gasteiger partial charge in [0, 0.05) is 5.41 Å². The quantitative estimate of drug-likeness (QED) is 0.306. The lowest BCUT2D eigenvalue weighted by Crippen LogP contribution is -2.66. The smallest absolute Gasteiger partial charge is 0.312 e. The SMILES string of the molecule is C=C(C)[C@@H]1CC[C@]2(C(=O)OC)CC[C@]3(C)[C@H](CC[C@@H]4[C@@]5(C)C=C(C#N)C(=O)C(C)(C)[C@@H]5CC[C@]43C)[C@@H]12. The Morgan fingerprint density at radius 3 is 2.31 bits per heavy atom. The van der Waals surface area contributed by atoms with Gasteiger partial charge in [0.15, 0.2) is 5.78 Å². The summed E-state index contributed by atoms with van der Waals surface area (Å²) in [6.45, 7) is 18.1. The topological polar surface area (TPSA) is 67.2 Å². The third kappa shape index (κ3) is 2.87. The highest BCUT2D eigenvalue weighted by Crippen LogP contribution is 2.77. The minimum absolute atomic E-state index is 0.00427. The Labute approximate surface area is 217 Å². The van der Waals surface area contributed by atoms with Crippen LogP contribution >= 0.6 is 0 Å². The summed E-state index contributed by atoms with van der Waals surface area (Å²) >= 11 is 0. The molecule has 4 nitrogen and oxygen atoms in total. The Balaban J connectivity index is 1.62. The molecule has 4 saturated carbocycles. The lowest BCUT2D eigenvalue weighted by molar-refractivity contribution is -0.222. The van der Waals surface area contributed by atoms with E-state index >= 15 is 0 Å². The molecule has 4 fully saturated rings. The second-order valence-electron chi connectivity index (χ2n) is 14.4. The number of nitrogens with zero attached hydrogens (tertiary/aromatic N) is 1. The van der Waals surface area contributed by atoms with Crippen molar-refractivity contribution in [2.24, 2.45) is 56.7 Å². The van der Waals surface area contributed by atoms with Gasteiger partial charge < -0.3 is 4.74 Å². The third-order valence-electron chi connectivity index (χ3n) is 13.1. The molecule has 4 heteroatoms. The Hall–Kier alpha value is -1.89. The van der Waals surface area contributed by atoms with Crippen molar-refractivity contribution in [3.8, 4) is 6.07 Å². The summed E-state index contributed by atoms with van der Waals surface area (Å²) in [5.41, 5.74) is 0.685. The zero-order valence-corrected chi connectivity index (χ0v) is 23.5. The number of fused-ring (bicyclic) bond motifs is 7. The second-order valence-corrected chi connectivity index (χ2v) is 14.4. The van der Waals surface area contributed by atoms with Gasteiger partial charge in [0.2, 0.25) is 0 Å². The van der Waals surface area contributed by atoms with Crippen LogP contribution in [0.3, 0.4) is 0 Å². The molecule has 9 atom stereocenters. The molecule has 0 unspecified atom stereocenters. The molecule has 0 aromatic carbocycles. The van der Waals surface area contributed by atoms with E-state index < -0.39 is 5.41 Å². The standard InChI is InChI=1S/C32H45NO3/c1-19(2)21-11-14-32(27(35)36-8)16-15-30(6)22(25(21)32)9-10-24-29(5)17-20(18-33)26(34)28(3,4)23(29)12-13-31(24,30)7/h17,21-25H,1,9-16H2,2-8H3/t21-,22+,23-,24+,25+,29-,30+,31+,32-/m0/s1. The van der Waals surface area contributed by atoms with E-state index in [9.17, 15) is 14.9 Å². The highest BCUT2D eigenvalue weighted by atomic mass is 16.5. The fourth-order valence-corrected chi connectivity index (χ4v) is 11.3. The summed E-state index contributed by atoms with van der Waals surface area (Å²) in [5.74, 6) is 1.79. The average Bonchev–Trinajstić information content (AvgIpc) is 3.22. The molecule has 0 bridgehead atoms. The van der Waals surface area contributed by atoms with Gasteiger partial charge in [-0.05, 0) is 104 Å². The number of rotatable bonds is 2. The number of hydrogen-bond donors (Lipinski definition) is 0. The van der Waals surface area contributed by atoms with Crippen LogP contribution in [0.2, 0.25) is 0 Å². The Bertz CT molecular complexity index is 1100. The summed E-state index contributed by atoms with van der Waals surface area (Å²) in [6.07, 6.45) is 10.3. The minimum atomic E-state index is -0.517. The van der Waals surface area contributed by atoms with Crippen LogP contribution in [-0.4, -0.2) is 18.9 Å². The van der Waals surface area contributed by atoms with Crippen molar-refractivity contribution in [2.45, 2.75) is 92.9 Å². The lowest BCUT2D eigenvalue weighted by Gasteiger charge is -2.71. The molecule has 0 aliphatic heterocycles. The molecule has 0 N–H and O–H groups in total. The van der Waals surface area contributed by atoms with E-state index in [4.69, 9.17) is 4.74 Å². The zero-order chi connectivity index (χ0) is 26.5. The predicted molar refractivity (Wildman–Crippen MR) is 140 cm³/mol. The van der Waals surface area contributed by atoms with Crippen molar-refractivity contribution in [3.05, 3.63) is 23.8 Å². The van der Waals surface area contributed by atoms with Gasteiger partial charge in [-0.2, -0.15) is 5.26 Å². The van der Waals surface area contributed by atoms with Gasteiger partial charge in [0.05, 0.1) is 18.1 Å². The number of ether oxygens (including phenoxy) is 1. The molecule has 0 aromatic rings. The van der Waals surface area contributed by atoms with Crippen molar-refractivity contribution in [3.63, 3.8) is 0 Å². The summed E-state index contributed by atoms with van der Waals surface area (Å²) in [4.78, 5) is 26.6. The van der Waals surface area contributed by atoms with Gasteiger partial charge in [-0.1, -0.05) is 52.8 Å². The molecule has 5 rings (SSSR count). The molecule has 5 aliphatic rings. The highest BCUT2D eigenvalue weighted by Gasteiger charge is 2.72. The molecule has 196 valence electrons. The summed E-state index contributed by atoms with van der Waals surface area (Å²) in [5, 5.41) is 9.89. The van der Waals surface area contributed by atoms with Crippen molar-refractivity contribution >= 4 is 11.8 Å². The number of ketones is 1. The first-order valence-electron chi connectivity index (χ1n) is 14.2. The Morgan fingerprint density at radius 2 is 1.69 bits per heavy atom. The zero-order valence-electron chi connectivity index (χ0n) is 23.5. The third-order valence-corrected chi connectivity index (χ3v) is 13.1. The molecular formula is C32H45NO3. The van der Waals surface area contributed by atoms with Crippen LogP contribution in [-0.2, 0) is 14.3 Å². The normalized spacial score (nSPS) is 48.9. The van der Waals surface area contributed by atoms with E-state index in [-0.39, 0.29) is 39.3 Å². The average molecular weight is 492 g/mol. The van der Waals surface area contributed by atoms with E-state index in [1.807, 2.05) is 0 Å². The summed E-state index contributed by atoms with van der Waals surface area (Å²) in [7, 11) is 1.56. The maximum atomic E-state index is 13.4. The van der Waals surface area contributed by atoms with Crippen LogP contribution < -0.4 is 0 Å². The van der Waals surface area contributed by atoms with Gasteiger partial charge in [0.1, 0.15) is 6.07 Å². The van der Waals surface area contributed by atoms with Gasteiger partial charge in [0.25, 0.3) is 0 Å². The van der Waals surface area contributed by atoms with E-state index in [1.54, 1.807) is 7.11 Å². The van der Waals surface area contributed by atoms with E-state index in [2.05, 4.69) is 60.3 Å². The first-order valence-corrected chi connectivity index (χ1v) is 14.2. The lowest BCUT2D eigenvalue weighted by atomic mass is 9.32. The largest absolute Gasteiger partial charge is 0.469 e. The van der Waals surface area contributed by atoms with Crippen molar-refractivity contribution in [1.29, 1.82) is 5.26 Å². The van der Waals surface area contributed by atoms with Crippen molar-refractivity contribution in [1.82, 2.24) is 0 Å². The fraction of sp³-hybridized carbons (Fsp3) is 0.781. The van der Waals surface area contributed by atoms with E-state index in [0.717, 1.165) is 51.4 Å². The van der Waals surface area contributed by atoms with Gasteiger partial charge >= 0.3 is 5.97 Å². The number of carbonyl (C=O) groups is 2. The molecule has 0 spiro atoms. The van der Waals surface area contributed by atoms with E-state index in [1.165, 1.54) is 5.57 Å². The first kappa shape index (κ1) is 25.7. The monoisotopic (exact) mass is 491 g/mol. The van der Waals surface area contributed by atoms with Crippen LogP contribution in [0.15, 0.2) is 23.8 Å². The molecule has 0 aromatic heterocycles. The maximum Gasteiger partial charge on any atom is 0.312 e. The maximum absolute atomic E-state index is 13.4. The van der Waals surface area contributed by atoms with Crippen molar-refractivity contribution in [2.75, 3.05) is 7.11 Å². The number of methoxy groups -OCH3 is 1. The number of nitriles is 1. The number of carbonyl (C=O) groups excluding carboxylic acids is 2. The molecule has 0 heterocycles. The first-order chi connectivity index (χ1) is 16.7. The number of hydrogen-bond acceptors (Lipinski definition) is 4. The fourth-order valence-electron chi connectivity index (χ4n) is 11.3. The van der Waals surface area contributed by atoms with Crippen molar-refractivity contribution < 1.29 is 14.3 Å². The number of Topliss-reactive ketones (excluding diaryl/α,β-unsaturated/α-hetero) is 1.